The Labute approximate surface area is 97.2 Å². The van der Waals surface area contributed by atoms with Crippen LogP contribution in [0.25, 0.3) is 16.2 Å². The first-order chi connectivity index (χ1) is 7.65. The van der Waals surface area contributed by atoms with E-state index in [1.165, 1.54) is 10.6 Å². The summed E-state index contributed by atoms with van der Waals surface area (Å²) in [5, 5.41) is 4.16. The molecule has 0 unspecified atom stereocenters. The van der Waals surface area contributed by atoms with Gasteiger partial charge in [-0.3, -0.25) is 9.08 Å². The molecule has 0 aromatic carbocycles. The summed E-state index contributed by atoms with van der Waals surface area (Å²) in [6.07, 6.45) is 5.90. The van der Waals surface area contributed by atoms with Gasteiger partial charge in [0.2, 0.25) is 0 Å². The molecule has 3 heterocycles. The lowest BCUT2D eigenvalue weighted by Gasteiger charge is -1.90. The van der Waals surface area contributed by atoms with Gasteiger partial charge in [-0.05, 0) is 13.8 Å². The SMILES string of the molecule is Cc1sc2nc(-c3cnn(C)c3)cn2c1C. The summed E-state index contributed by atoms with van der Waals surface area (Å²) < 4.78 is 3.93. The van der Waals surface area contributed by atoms with E-state index >= 15 is 0 Å². The fourth-order valence-corrected chi connectivity index (χ4v) is 2.70. The van der Waals surface area contributed by atoms with Crippen molar-refractivity contribution in [3.05, 3.63) is 29.2 Å². The lowest BCUT2D eigenvalue weighted by atomic mass is 10.3. The summed E-state index contributed by atoms with van der Waals surface area (Å²) in [4.78, 5) is 6.98. The first-order valence-electron chi connectivity index (χ1n) is 5.09. The smallest absolute Gasteiger partial charge is 0.194 e. The number of aryl methyl sites for hydroxylation is 3. The Morgan fingerprint density at radius 2 is 2.06 bits per heavy atom. The van der Waals surface area contributed by atoms with Gasteiger partial charge in [0.25, 0.3) is 0 Å². The number of rotatable bonds is 1. The molecule has 3 rings (SSSR count). The second-order valence-electron chi connectivity index (χ2n) is 3.93. The largest absolute Gasteiger partial charge is 0.294 e. The predicted molar refractivity (Wildman–Crippen MR) is 64.7 cm³/mol. The molecule has 3 aromatic heterocycles. The van der Waals surface area contributed by atoms with E-state index < -0.39 is 0 Å². The maximum absolute atomic E-state index is 4.61. The Kier molecular flexibility index (Phi) is 1.91. The zero-order chi connectivity index (χ0) is 11.3. The van der Waals surface area contributed by atoms with Gasteiger partial charge in [-0.1, -0.05) is 0 Å². The maximum atomic E-state index is 4.61. The van der Waals surface area contributed by atoms with E-state index in [0.717, 1.165) is 16.2 Å². The van der Waals surface area contributed by atoms with Gasteiger partial charge in [-0.25, -0.2) is 4.98 Å². The molecule has 0 fully saturated rings. The van der Waals surface area contributed by atoms with Crippen LogP contribution in [0.5, 0.6) is 0 Å². The normalized spacial score (nSPS) is 11.4. The highest BCUT2D eigenvalue weighted by Crippen LogP contribution is 2.25. The molecule has 0 atom stereocenters. The third kappa shape index (κ3) is 1.28. The maximum Gasteiger partial charge on any atom is 0.194 e. The molecule has 16 heavy (non-hydrogen) atoms. The number of imidazole rings is 1. The number of hydrogen-bond acceptors (Lipinski definition) is 3. The molecular weight excluding hydrogens is 220 g/mol. The molecule has 0 spiro atoms. The number of fused-ring (bicyclic) bond motifs is 1. The molecule has 0 aliphatic heterocycles. The van der Waals surface area contributed by atoms with Crippen LogP contribution in [0, 0.1) is 13.8 Å². The van der Waals surface area contributed by atoms with Crippen molar-refractivity contribution in [2.45, 2.75) is 13.8 Å². The monoisotopic (exact) mass is 232 g/mol. The van der Waals surface area contributed by atoms with Crippen LogP contribution < -0.4 is 0 Å². The van der Waals surface area contributed by atoms with Crippen molar-refractivity contribution in [1.29, 1.82) is 0 Å². The van der Waals surface area contributed by atoms with E-state index in [9.17, 15) is 0 Å². The van der Waals surface area contributed by atoms with Gasteiger partial charge in [-0.15, -0.1) is 11.3 Å². The van der Waals surface area contributed by atoms with Gasteiger partial charge in [0, 0.05) is 35.6 Å². The van der Waals surface area contributed by atoms with Crippen LogP contribution in [0.2, 0.25) is 0 Å². The molecule has 3 aromatic rings. The van der Waals surface area contributed by atoms with Gasteiger partial charge in [0.1, 0.15) is 0 Å². The van der Waals surface area contributed by atoms with Crippen LogP contribution in [0.4, 0.5) is 0 Å². The zero-order valence-corrected chi connectivity index (χ0v) is 10.2. The number of hydrogen-bond donors (Lipinski definition) is 0. The number of nitrogens with zero attached hydrogens (tertiary/aromatic N) is 4. The first kappa shape index (κ1) is 9.59. The second-order valence-corrected chi connectivity index (χ2v) is 5.11. The summed E-state index contributed by atoms with van der Waals surface area (Å²) >= 11 is 1.73. The van der Waals surface area contributed by atoms with Gasteiger partial charge < -0.3 is 0 Å². The fourth-order valence-electron chi connectivity index (χ4n) is 1.75. The van der Waals surface area contributed by atoms with E-state index in [4.69, 9.17) is 0 Å². The number of aromatic nitrogens is 4. The highest BCUT2D eigenvalue weighted by Gasteiger charge is 2.10. The minimum atomic E-state index is 0.988. The minimum absolute atomic E-state index is 0.988. The van der Waals surface area contributed by atoms with Crippen molar-refractivity contribution < 1.29 is 0 Å². The predicted octanol–water partition coefficient (Wildman–Crippen LogP) is 2.41. The highest BCUT2D eigenvalue weighted by atomic mass is 32.1. The summed E-state index contributed by atoms with van der Waals surface area (Å²) in [5.74, 6) is 0. The zero-order valence-electron chi connectivity index (χ0n) is 9.43. The molecule has 0 saturated carbocycles. The van der Waals surface area contributed by atoms with Gasteiger partial charge in [0.15, 0.2) is 4.96 Å². The molecular formula is C11H12N4S. The van der Waals surface area contributed by atoms with Crippen molar-refractivity contribution in [2.75, 3.05) is 0 Å². The quantitative estimate of drug-likeness (QED) is 0.646. The Morgan fingerprint density at radius 1 is 1.25 bits per heavy atom. The van der Waals surface area contributed by atoms with Crippen molar-refractivity contribution in [3.63, 3.8) is 0 Å². The third-order valence-corrected chi connectivity index (χ3v) is 3.86. The topological polar surface area (TPSA) is 35.1 Å². The summed E-state index contributed by atoms with van der Waals surface area (Å²) in [7, 11) is 1.91. The first-order valence-corrected chi connectivity index (χ1v) is 5.91. The third-order valence-electron chi connectivity index (χ3n) is 2.79. The van der Waals surface area contributed by atoms with Gasteiger partial charge in [-0.2, -0.15) is 5.10 Å². The van der Waals surface area contributed by atoms with E-state index in [-0.39, 0.29) is 0 Å². The summed E-state index contributed by atoms with van der Waals surface area (Å²) in [6, 6.07) is 0. The van der Waals surface area contributed by atoms with E-state index in [1.807, 2.05) is 19.4 Å². The minimum Gasteiger partial charge on any atom is -0.294 e. The lowest BCUT2D eigenvalue weighted by molar-refractivity contribution is 0.768. The van der Waals surface area contributed by atoms with Crippen molar-refractivity contribution >= 4 is 16.3 Å². The Bertz CT molecular complexity index is 659. The molecule has 82 valence electrons. The van der Waals surface area contributed by atoms with Crippen molar-refractivity contribution in [3.8, 4) is 11.3 Å². The Morgan fingerprint density at radius 3 is 2.69 bits per heavy atom. The van der Waals surface area contributed by atoms with Gasteiger partial charge >= 0.3 is 0 Å². The lowest BCUT2D eigenvalue weighted by Crippen LogP contribution is -1.84. The van der Waals surface area contributed by atoms with Crippen molar-refractivity contribution in [2.24, 2.45) is 7.05 Å². The molecule has 0 bridgehead atoms. The molecule has 0 radical (unpaired) electrons. The molecule has 0 aliphatic rings. The molecule has 0 N–H and O–H groups in total. The molecule has 0 amide bonds. The van der Waals surface area contributed by atoms with Crippen LogP contribution in [0.3, 0.4) is 0 Å². The van der Waals surface area contributed by atoms with Crippen LogP contribution in [-0.2, 0) is 7.05 Å². The summed E-state index contributed by atoms with van der Waals surface area (Å²) in [6.45, 7) is 4.24. The second kappa shape index (κ2) is 3.18. The van der Waals surface area contributed by atoms with Crippen LogP contribution in [0.1, 0.15) is 10.6 Å². The van der Waals surface area contributed by atoms with E-state index in [0.29, 0.717) is 0 Å². The average molecular weight is 232 g/mol. The van der Waals surface area contributed by atoms with Crippen LogP contribution >= 0.6 is 11.3 Å². The van der Waals surface area contributed by atoms with E-state index in [2.05, 4.69) is 34.5 Å². The highest BCUT2D eigenvalue weighted by molar-refractivity contribution is 7.17. The van der Waals surface area contributed by atoms with Crippen LogP contribution in [-0.4, -0.2) is 19.2 Å². The molecule has 5 heteroatoms. The summed E-state index contributed by atoms with van der Waals surface area (Å²) in [5.41, 5.74) is 3.32. The van der Waals surface area contributed by atoms with Crippen molar-refractivity contribution in [1.82, 2.24) is 19.2 Å². The molecule has 0 saturated heterocycles. The average Bonchev–Trinajstić information content (AvgIpc) is 2.87. The fraction of sp³-hybridized carbons (Fsp3) is 0.273. The Hall–Kier alpha value is -1.62. The van der Waals surface area contributed by atoms with Gasteiger partial charge in [0.05, 0.1) is 11.9 Å². The van der Waals surface area contributed by atoms with E-state index in [1.54, 1.807) is 16.0 Å². The molecule has 0 aliphatic carbocycles. The standard InChI is InChI=1S/C11H12N4S/c1-7-8(2)16-11-13-10(6-15(7)11)9-4-12-14(3)5-9/h4-6H,1-3H3. The Balaban J connectivity index is 2.19. The molecule has 4 nitrogen and oxygen atoms in total. The number of thiazole rings is 1. The van der Waals surface area contributed by atoms with Crippen LogP contribution in [0.15, 0.2) is 18.6 Å².